The average molecular weight is 382 g/mol. The van der Waals surface area contributed by atoms with Crippen LogP contribution in [0.3, 0.4) is 0 Å². The highest BCUT2D eigenvalue weighted by molar-refractivity contribution is 7.19. The molecule has 0 unspecified atom stereocenters. The molecule has 0 saturated carbocycles. The molecule has 3 aromatic heterocycles. The number of rotatable bonds is 6. The molecule has 6 heteroatoms. The van der Waals surface area contributed by atoms with Crippen LogP contribution in [0.5, 0.6) is 0 Å². The van der Waals surface area contributed by atoms with Gasteiger partial charge in [-0.3, -0.25) is 4.98 Å². The molecule has 0 bridgehead atoms. The van der Waals surface area contributed by atoms with Crippen molar-refractivity contribution in [2.45, 2.75) is 33.1 Å². The molecule has 3 heterocycles. The summed E-state index contributed by atoms with van der Waals surface area (Å²) in [5, 5.41) is 4.90. The zero-order valence-corrected chi connectivity index (χ0v) is 17.4. The second kappa shape index (κ2) is 7.17. The fraction of sp³-hybridized carbons (Fsp3) is 0.476. The minimum absolute atomic E-state index is 0.147. The molecule has 0 aromatic carbocycles. The van der Waals surface area contributed by atoms with E-state index in [-0.39, 0.29) is 5.41 Å². The van der Waals surface area contributed by atoms with Crippen LogP contribution in [-0.4, -0.2) is 47.0 Å². The Hall–Kier alpha value is -2.05. The predicted molar refractivity (Wildman–Crippen MR) is 113 cm³/mol. The number of nitrogens with zero attached hydrogens (tertiary/aromatic N) is 4. The maximum absolute atomic E-state index is 4.93. The van der Waals surface area contributed by atoms with E-state index in [0.717, 1.165) is 41.5 Å². The summed E-state index contributed by atoms with van der Waals surface area (Å²) in [6.45, 7) is 6.47. The number of hydrogen-bond acceptors (Lipinski definition) is 6. The van der Waals surface area contributed by atoms with Gasteiger partial charge in [-0.1, -0.05) is 13.8 Å². The summed E-state index contributed by atoms with van der Waals surface area (Å²) in [7, 11) is 4.24. The molecule has 27 heavy (non-hydrogen) atoms. The molecule has 4 rings (SSSR count). The van der Waals surface area contributed by atoms with Crippen LogP contribution in [0, 0.1) is 5.41 Å². The zero-order valence-electron chi connectivity index (χ0n) is 16.5. The van der Waals surface area contributed by atoms with Crippen LogP contribution in [0.2, 0.25) is 0 Å². The van der Waals surface area contributed by atoms with E-state index >= 15 is 0 Å². The normalized spacial score (nSPS) is 14.1. The molecular formula is C21H27N5S. The summed E-state index contributed by atoms with van der Waals surface area (Å²) in [5.41, 5.74) is 2.57. The fourth-order valence-electron chi connectivity index (χ4n) is 3.98. The van der Waals surface area contributed by atoms with Crippen LogP contribution < -0.4 is 5.32 Å². The van der Waals surface area contributed by atoms with Gasteiger partial charge < -0.3 is 10.2 Å². The quantitative estimate of drug-likeness (QED) is 0.692. The van der Waals surface area contributed by atoms with Crippen molar-refractivity contribution in [1.29, 1.82) is 0 Å². The van der Waals surface area contributed by atoms with Gasteiger partial charge in [0, 0.05) is 35.9 Å². The number of pyridine rings is 1. The Balaban J connectivity index is 1.75. The monoisotopic (exact) mass is 381 g/mol. The number of fused-ring (bicyclic) bond motifs is 3. The van der Waals surface area contributed by atoms with Gasteiger partial charge >= 0.3 is 0 Å². The van der Waals surface area contributed by atoms with E-state index in [4.69, 9.17) is 9.97 Å². The fourth-order valence-corrected chi connectivity index (χ4v) is 5.24. The number of thiophene rings is 1. The van der Waals surface area contributed by atoms with Gasteiger partial charge in [-0.2, -0.15) is 0 Å². The van der Waals surface area contributed by atoms with E-state index in [1.807, 2.05) is 29.7 Å². The van der Waals surface area contributed by atoms with Gasteiger partial charge in [-0.25, -0.2) is 9.97 Å². The Labute approximate surface area is 164 Å². The molecule has 3 aromatic rings. The van der Waals surface area contributed by atoms with Gasteiger partial charge in [0.15, 0.2) is 5.82 Å². The summed E-state index contributed by atoms with van der Waals surface area (Å²) < 4.78 is 0. The lowest BCUT2D eigenvalue weighted by Gasteiger charge is -2.28. The first kappa shape index (κ1) is 18.3. The number of anilines is 1. The average Bonchev–Trinajstić information content (AvgIpc) is 3.20. The van der Waals surface area contributed by atoms with Gasteiger partial charge in [0.25, 0.3) is 0 Å². The van der Waals surface area contributed by atoms with Crippen LogP contribution >= 0.6 is 11.3 Å². The zero-order chi connectivity index (χ0) is 19.0. The first-order valence-corrected chi connectivity index (χ1v) is 10.4. The highest BCUT2D eigenvalue weighted by atomic mass is 32.1. The van der Waals surface area contributed by atoms with Crippen molar-refractivity contribution in [2.75, 3.05) is 32.5 Å². The molecule has 0 radical (unpaired) electrons. The first-order chi connectivity index (χ1) is 12.9. The van der Waals surface area contributed by atoms with E-state index in [1.54, 1.807) is 6.20 Å². The van der Waals surface area contributed by atoms with Crippen molar-refractivity contribution >= 4 is 27.4 Å². The van der Waals surface area contributed by atoms with Crippen LogP contribution in [0.1, 0.15) is 30.7 Å². The van der Waals surface area contributed by atoms with E-state index in [0.29, 0.717) is 0 Å². The van der Waals surface area contributed by atoms with Crippen molar-refractivity contribution in [1.82, 2.24) is 19.9 Å². The van der Waals surface area contributed by atoms with Crippen molar-refractivity contribution in [3.8, 4) is 11.4 Å². The molecule has 1 aliphatic carbocycles. The number of aromatic nitrogens is 3. The maximum atomic E-state index is 4.93. The molecule has 1 aliphatic rings. The van der Waals surface area contributed by atoms with Gasteiger partial charge in [-0.15, -0.1) is 11.3 Å². The van der Waals surface area contributed by atoms with Gasteiger partial charge in [0.1, 0.15) is 10.6 Å². The number of aryl methyl sites for hydroxylation is 2. The lowest BCUT2D eigenvalue weighted by atomic mass is 9.93. The van der Waals surface area contributed by atoms with Crippen LogP contribution in [0.4, 0.5) is 5.82 Å². The highest BCUT2D eigenvalue weighted by Gasteiger charge is 2.24. The summed E-state index contributed by atoms with van der Waals surface area (Å²) in [6, 6.07) is 3.96. The molecule has 142 valence electrons. The largest absolute Gasteiger partial charge is 0.369 e. The molecule has 0 atom stereocenters. The van der Waals surface area contributed by atoms with Gasteiger partial charge in [0.2, 0.25) is 0 Å². The standard InChI is InChI=1S/C21H27N5S/c1-21(2,13-26(3)4)12-23-19-17-15-8-5-9-16(15)27-20(17)25-18(24-19)14-7-6-10-22-11-14/h6-7,10-11H,5,8-9,12-13H2,1-4H3,(H,23,24,25). The SMILES string of the molecule is CN(C)CC(C)(C)CNc1nc(-c2cccnc2)nc2sc3c(c12)CCC3. The van der Waals surface area contributed by atoms with Crippen LogP contribution in [0.15, 0.2) is 24.5 Å². The maximum Gasteiger partial charge on any atom is 0.164 e. The minimum atomic E-state index is 0.147. The lowest BCUT2D eigenvalue weighted by Crippen LogP contribution is -2.34. The first-order valence-electron chi connectivity index (χ1n) is 9.54. The number of hydrogen-bond donors (Lipinski definition) is 1. The molecular weight excluding hydrogens is 354 g/mol. The minimum Gasteiger partial charge on any atom is -0.369 e. The third-order valence-corrected chi connectivity index (χ3v) is 6.15. The van der Waals surface area contributed by atoms with Crippen molar-refractivity contribution < 1.29 is 0 Å². The Morgan fingerprint density at radius 1 is 1.22 bits per heavy atom. The van der Waals surface area contributed by atoms with Crippen molar-refractivity contribution in [3.63, 3.8) is 0 Å². The topological polar surface area (TPSA) is 53.9 Å². The summed E-state index contributed by atoms with van der Waals surface area (Å²) in [6.07, 6.45) is 7.17. The second-order valence-electron chi connectivity index (χ2n) is 8.43. The second-order valence-corrected chi connectivity index (χ2v) is 9.51. The van der Waals surface area contributed by atoms with E-state index < -0.39 is 0 Å². The summed E-state index contributed by atoms with van der Waals surface area (Å²) in [5.74, 6) is 1.73. The Kier molecular flexibility index (Phi) is 4.86. The summed E-state index contributed by atoms with van der Waals surface area (Å²) >= 11 is 1.83. The lowest BCUT2D eigenvalue weighted by molar-refractivity contribution is 0.254. The molecule has 0 aliphatic heterocycles. The molecule has 0 amide bonds. The van der Waals surface area contributed by atoms with Gasteiger partial charge in [0.05, 0.1) is 5.39 Å². The summed E-state index contributed by atoms with van der Waals surface area (Å²) in [4.78, 5) is 18.9. The Bertz CT molecular complexity index is 946. The third kappa shape index (κ3) is 3.82. The smallest absolute Gasteiger partial charge is 0.164 e. The van der Waals surface area contributed by atoms with E-state index in [1.165, 1.54) is 28.7 Å². The van der Waals surface area contributed by atoms with Crippen LogP contribution in [-0.2, 0) is 12.8 Å². The third-order valence-electron chi connectivity index (χ3n) is 4.96. The highest BCUT2D eigenvalue weighted by Crippen LogP contribution is 2.40. The number of nitrogens with one attached hydrogen (secondary N) is 1. The molecule has 0 spiro atoms. The molecule has 1 N–H and O–H groups in total. The Morgan fingerprint density at radius 3 is 2.81 bits per heavy atom. The molecule has 0 saturated heterocycles. The predicted octanol–water partition coefficient (Wildman–Crippen LogP) is 4.24. The van der Waals surface area contributed by atoms with Crippen molar-refractivity contribution in [2.24, 2.45) is 5.41 Å². The van der Waals surface area contributed by atoms with Crippen LogP contribution in [0.25, 0.3) is 21.6 Å². The van der Waals surface area contributed by atoms with Crippen molar-refractivity contribution in [3.05, 3.63) is 35.0 Å². The Morgan fingerprint density at radius 2 is 2.07 bits per heavy atom. The van der Waals surface area contributed by atoms with Gasteiger partial charge in [-0.05, 0) is 56.5 Å². The van der Waals surface area contributed by atoms with E-state index in [2.05, 4.69) is 43.1 Å². The van der Waals surface area contributed by atoms with E-state index in [9.17, 15) is 0 Å². The molecule has 0 fully saturated rings. The molecule has 5 nitrogen and oxygen atoms in total.